The first-order valence-electron chi connectivity index (χ1n) is 7.86. The van der Waals surface area contributed by atoms with Gasteiger partial charge in [-0.1, -0.05) is 11.6 Å². The summed E-state index contributed by atoms with van der Waals surface area (Å²) in [5, 5.41) is 9.90. The van der Waals surface area contributed by atoms with E-state index in [-0.39, 0.29) is 0 Å². The number of hydrogen-bond acceptors (Lipinski definition) is 7. The molecule has 0 radical (unpaired) electrons. The summed E-state index contributed by atoms with van der Waals surface area (Å²) in [5.41, 5.74) is 4.18. The van der Waals surface area contributed by atoms with Crippen molar-refractivity contribution < 1.29 is 9.47 Å². The molecule has 0 amide bonds. The molecule has 0 aliphatic heterocycles. The van der Waals surface area contributed by atoms with Crippen molar-refractivity contribution in [3.63, 3.8) is 0 Å². The van der Waals surface area contributed by atoms with Crippen molar-refractivity contribution >= 4 is 44.2 Å². The van der Waals surface area contributed by atoms with E-state index < -0.39 is 0 Å². The number of fused-ring (bicyclic) bond motifs is 2. The van der Waals surface area contributed by atoms with Gasteiger partial charge in [0.25, 0.3) is 0 Å². The van der Waals surface area contributed by atoms with Crippen LogP contribution in [0.25, 0.3) is 31.8 Å². The van der Waals surface area contributed by atoms with Crippen LogP contribution < -0.4 is 4.74 Å². The number of methoxy groups -OCH3 is 2. The van der Waals surface area contributed by atoms with Gasteiger partial charge in [0.05, 0.1) is 22.3 Å². The summed E-state index contributed by atoms with van der Waals surface area (Å²) in [6.07, 6.45) is 0. The summed E-state index contributed by atoms with van der Waals surface area (Å²) in [6, 6.07) is 7.72. The standard InChI is InChI=1S/C18H15ClN4O2S/c1-9-4-11(16-13(5-9)20-15(8-24-2)22-23-16)18-21-17-12(19)6-10(25-3)7-14(17)26-18/h4-7H,8H2,1-3H3. The number of ether oxygens (including phenoxy) is 2. The van der Waals surface area contributed by atoms with Gasteiger partial charge < -0.3 is 9.47 Å². The molecular formula is C18H15ClN4O2S. The van der Waals surface area contributed by atoms with Gasteiger partial charge in [-0.15, -0.1) is 21.5 Å². The van der Waals surface area contributed by atoms with Crippen LogP contribution in [0.3, 0.4) is 0 Å². The molecule has 0 bridgehead atoms. The third-order valence-electron chi connectivity index (χ3n) is 3.91. The Bertz CT molecular complexity index is 1130. The number of aromatic nitrogens is 4. The topological polar surface area (TPSA) is 70.0 Å². The van der Waals surface area contributed by atoms with Crippen LogP contribution in [0, 0.1) is 6.92 Å². The molecule has 0 saturated carbocycles. The molecule has 4 aromatic rings. The predicted octanol–water partition coefficient (Wildman–Crippen LogP) is 4.42. The van der Waals surface area contributed by atoms with Gasteiger partial charge in [0.2, 0.25) is 0 Å². The summed E-state index contributed by atoms with van der Waals surface area (Å²) < 4.78 is 11.3. The van der Waals surface area contributed by atoms with Gasteiger partial charge in [-0.2, -0.15) is 0 Å². The van der Waals surface area contributed by atoms with Crippen LogP contribution in [0.15, 0.2) is 24.3 Å². The van der Waals surface area contributed by atoms with Crippen molar-refractivity contribution in [2.24, 2.45) is 0 Å². The van der Waals surface area contributed by atoms with Crippen molar-refractivity contribution in [3.05, 3.63) is 40.7 Å². The lowest BCUT2D eigenvalue weighted by molar-refractivity contribution is 0.177. The van der Waals surface area contributed by atoms with Gasteiger partial charge in [-0.3, -0.25) is 0 Å². The number of hydrogen-bond donors (Lipinski definition) is 0. The van der Waals surface area contributed by atoms with Crippen LogP contribution in [0.4, 0.5) is 0 Å². The second-order valence-corrected chi connectivity index (χ2v) is 7.25. The normalized spacial score (nSPS) is 11.4. The number of aryl methyl sites for hydroxylation is 1. The molecular weight excluding hydrogens is 372 g/mol. The Hall–Kier alpha value is -2.35. The van der Waals surface area contributed by atoms with Crippen LogP contribution in [0.5, 0.6) is 5.75 Å². The van der Waals surface area contributed by atoms with E-state index in [1.54, 1.807) is 20.3 Å². The molecule has 26 heavy (non-hydrogen) atoms. The first kappa shape index (κ1) is 17.1. The molecule has 4 rings (SSSR count). The van der Waals surface area contributed by atoms with Gasteiger partial charge >= 0.3 is 0 Å². The van der Waals surface area contributed by atoms with Gasteiger partial charge in [0, 0.05) is 18.7 Å². The lowest BCUT2D eigenvalue weighted by Crippen LogP contribution is -2.01. The van der Waals surface area contributed by atoms with E-state index >= 15 is 0 Å². The average molecular weight is 387 g/mol. The largest absolute Gasteiger partial charge is 0.497 e. The van der Waals surface area contributed by atoms with Crippen molar-refractivity contribution in [2.75, 3.05) is 14.2 Å². The molecule has 0 atom stereocenters. The van der Waals surface area contributed by atoms with Crippen LogP contribution in [0.1, 0.15) is 11.4 Å². The van der Waals surface area contributed by atoms with E-state index in [4.69, 9.17) is 26.1 Å². The lowest BCUT2D eigenvalue weighted by atomic mass is 10.1. The summed E-state index contributed by atoms with van der Waals surface area (Å²) in [7, 11) is 3.22. The molecule has 8 heteroatoms. The highest BCUT2D eigenvalue weighted by atomic mass is 35.5. The number of thiazole rings is 1. The summed E-state index contributed by atoms with van der Waals surface area (Å²) in [4.78, 5) is 9.26. The molecule has 2 aromatic carbocycles. The van der Waals surface area contributed by atoms with E-state index in [1.807, 2.05) is 25.1 Å². The fourth-order valence-electron chi connectivity index (χ4n) is 2.77. The molecule has 0 aliphatic rings. The van der Waals surface area contributed by atoms with E-state index in [2.05, 4.69) is 15.2 Å². The quantitative estimate of drug-likeness (QED) is 0.517. The van der Waals surface area contributed by atoms with Gasteiger partial charge in [0.15, 0.2) is 5.82 Å². The summed E-state index contributed by atoms with van der Waals surface area (Å²) >= 11 is 7.89. The Morgan fingerprint density at radius 2 is 1.88 bits per heavy atom. The highest BCUT2D eigenvalue weighted by Crippen LogP contribution is 2.38. The molecule has 2 aromatic heterocycles. The number of nitrogens with zero attached hydrogens (tertiary/aromatic N) is 4. The zero-order valence-electron chi connectivity index (χ0n) is 14.4. The van der Waals surface area contributed by atoms with Crippen molar-refractivity contribution in [1.82, 2.24) is 20.2 Å². The fraction of sp³-hybridized carbons (Fsp3) is 0.222. The van der Waals surface area contributed by atoms with Crippen LogP contribution in [-0.2, 0) is 11.3 Å². The van der Waals surface area contributed by atoms with E-state index in [1.165, 1.54) is 11.3 Å². The summed E-state index contributed by atoms with van der Waals surface area (Å²) in [5.74, 6) is 1.26. The van der Waals surface area contributed by atoms with E-state index in [9.17, 15) is 0 Å². The molecule has 0 aliphatic carbocycles. The maximum absolute atomic E-state index is 6.36. The maximum Gasteiger partial charge on any atom is 0.177 e. The van der Waals surface area contributed by atoms with Crippen LogP contribution in [-0.4, -0.2) is 34.4 Å². The molecule has 0 fully saturated rings. The third kappa shape index (κ3) is 2.98. The highest BCUT2D eigenvalue weighted by molar-refractivity contribution is 7.21. The molecule has 0 spiro atoms. The van der Waals surface area contributed by atoms with Gasteiger partial charge in [0.1, 0.15) is 28.4 Å². The van der Waals surface area contributed by atoms with E-state index in [0.29, 0.717) is 28.7 Å². The Labute approximate surface area is 158 Å². The van der Waals surface area contributed by atoms with E-state index in [0.717, 1.165) is 31.9 Å². The smallest absolute Gasteiger partial charge is 0.177 e. The fourth-order valence-corrected chi connectivity index (χ4v) is 4.12. The SMILES string of the molecule is COCc1nnc2c(-c3nc4c(Cl)cc(OC)cc4s3)cc(C)cc2n1. The van der Waals surface area contributed by atoms with Crippen LogP contribution >= 0.6 is 22.9 Å². The number of rotatable bonds is 4. The molecule has 132 valence electrons. The third-order valence-corrected chi connectivity index (χ3v) is 5.23. The Morgan fingerprint density at radius 3 is 2.65 bits per heavy atom. The first-order valence-corrected chi connectivity index (χ1v) is 9.06. The van der Waals surface area contributed by atoms with Crippen molar-refractivity contribution in [2.45, 2.75) is 13.5 Å². The monoisotopic (exact) mass is 386 g/mol. The maximum atomic E-state index is 6.36. The highest BCUT2D eigenvalue weighted by Gasteiger charge is 2.16. The minimum absolute atomic E-state index is 0.322. The zero-order chi connectivity index (χ0) is 18.3. The molecule has 6 nitrogen and oxygen atoms in total. The van der Waals surface area contributed by atoms with Gasteiger partial charge in [-0.25, -0.2) is 9.97 Å². The molecule has 0 saturated heterocycles. The molecule has 2 heterocycles. The zero-order valence-corrected chi connectivity index (χ0v) is 16.0. The van der Waals surface area contributed by atoms with Crippen molar-refractivity contribution in [1.29, 1.82) is 0 Å². The van der Waals surface area contributed by atoms with Crippen LogP contribution in [0.2, 0.25) is 5.02 Å². The van der Waals surface area contributed by atoms with Crippen molar-refractivity contribution in [3.8, 4) is 16.3 Å². The second kappa shape index (κ2) is 6.75. The minimum atomic E-state index is 0.322. The Balaban J connectivity index is 1.93. The Morgan fingerprint density at radius 1 is 1.04 bits per heavy atom. The van der Waals surface area contributed by atoms with Gasteiger partial charge in [-0.05, 0) is 30.7 Å². The lowest BCUT2D eigenvalue weighted by Gasteiger charge is -2.05. The molecule has 0 unspecified atom stereocenters. The second-order valence-electron chi connectivity index (χ2n) is 5.82. The Kier molecular flexibility index (Phi) is 4.44. The predicted molar refractivity (Wildman–Crippen MR) is 103 cm³/mol. The average Bonchev–Trinajstić information content (AvgIpc) is 3.05. The minimum Gasteiger partial charge on any atom is -0.497 e. The molecule has 0 N–H and O–H groups in total. The summed E-state index contributed by atoms with van der Waals surface area (Å²) in [6.45, 7) is 2.34. The number of halogens is 1. The first-order chi connectivity index (χ1) is 12.6. The number of benzene rings is 2.